The van der Waals surface area contributed by atoms with E-state index in [4.69, 9.17) is 23.2 Å². The molecule has 0 unspecified atom stereocenters. The smallest absolute Gasteiger partial charge is 0.255 e. The lowest BCUT2D eigenvalue weighted by molar-refractivity contribution is 0.0746. The van der Waals surface area contributed by atoms with Crippen LogP contribution < -0.4 is 4.90 Å². The SMILES string of the molecule is O=C(c1cc(Cl)ccc1Cl)N1CCN(c2cc3c(nn2)CCC3)CC1. The summed E-state index contributed by atoms with van der Waals surface area (Å²) in [6.07, 6.45) is 3.28. The number of hydrogen-bond donors (Lipinski definition) is 0. The summed E-state index contributed by atoms with van der Waals surface area (Å²) in [4.78, 5) is 16.7. The van der Waals surface area contributed by atoms with Crippen molar-refractivity contribution < 1.29 is 4.79 Å². The fourth-order valence-electron chi connectivity index (χ4n) is 3.44. The number of aryl methyl sites for hydroxylation is 2. The average molecular weight is 377 g/mol. The van der Waals surface area contributed by atoms with Gasteiger partial charge in [0.05, 0.1) is 16.3 Å². The van der Waals surface area contributed by atoms with E-state index in [0.29, 0.717) is 28.7 Å². The Morgan fingerprint density at radius 1 is 1.00 bits per heavy atom. The van der Waals surface area contributed by atoms with Crippen LogP contribution in [0.15, 0.2) is 24.3 Å². The molecular formula is C18H18Cl2N4O. The van der Waals surface area contributed by atoms with Crippen molar-refractivity contribution in [1.82, 2.24) is 15.1 Å². The van der Waals surface area contributed by atoms with E-state index < -0.39 is 0 Å². The van der Waals surface area contributed by atoms with Crippen molar-refractivity contribution in [2.24, 2.45) is 0 Å². The summed E-state index contributed by atoms with van der Waals surface area (Å²) in [7, 11) is 0. The molecule has 7 heteroatoms. The summed E-state index contributed by atoms with van der Waals surface area (Å²) in [6.45, 7) is 2.72. The lowest BCUT2D eigenvalue weighted by atomic mass is 10.1. The molecule has 1 aliphatic carbocycles. The van der Waals surface area contributed by atoms with Crippen molar-refractivity contribution in [2.75, 3.05) is 31.1 Å². The van der Waals surface area contributed by atoms with Crippen LogP contribution in [-0.4, -0.2) is 47.2 Å². The van der Waals surface area contributed by atoms with Gasteiger partial charge >= 0.3 is 0 Å². The van der Waals surface area contributed by atoms with Crippen LogP contribution >= 0.6 is 23.2 Å². The third-order valence-corrected chi connectivity index (χ3v) is 5.42. The van der Waals surface area contributed by atoms with Crippen LogP contribution in [-0.2, 0) is 12.8 Å². The number of halogens is 2. The number of hydrogen-bond acceptors (Lipinski definition) is 4. The van der Waals surface area contributed by atoms with Gasteiger partial charge in [0.1, 0.15) is 0 Å². The summed E-state index contributed by atoms with van der Waals surface area (Å²) < 4.78 is 0. The summed E-state index contributed by atoms with van der Waals surface area (Å²) >= 11 is 12.2. The van der Waals surface area contributed by atoms with Crippen molar-refractivity contribution >= 4 is 34.9 Å². The number of carbonyl (C=O) groups is 1. The fourth-order valence-corrected chi connectivity index (χ4v) is 3.81. The molecule has 2 heterocycles. The molecule has 5 nitrogen and oxygen atoms in total. The van der Waals surface area contributed by atoms with Gasteiger partial charge in [-0.25, -0.2) is 0 Å². The molecule has 130 valence electrons. The van der Waals surface area contributed by atoms with E-state index in [1.165, 1.54) is 5.56 Å². The lowest BCUT2D eigenvalue weighted by Crippen LogP contribution is -2.49. The number of nitrogens with zero attached hydrogens (tertiary/aromatic N) is 4. The Hall–Kier alpha value is -1.85. The van der Waals surface area contributed by atoms with Gasteiger partial charge in [-0.1, -0.05) is 23.2 Å². The minimum absolute atomic E-state index is 0.0767. The molecular weight excluding hydrogens is 359 g/mol. The summed E-state index contributed by atoms with van der Waals surface area (Å²) in [5, 5.41) is 9.66. The Labute approximate surface area is 156 Å². The van der Waals surface area contributed by atoms with E-state index in [1.807, 2.05) is 4.90 Å². The topological polar surface area (TPSA) is 49.3 Å². The molecule has 0 saturated carbocycles. The Bertz CT molecular complexity index is 819. The van der Waals surface area contributed by atoms with Gasteiger partial charge in [0.15, 0.2) is 5.82 Å². The van der Waals surface area contributed by atoms with Crippen LogP contribution in [0, 0.1) is 0 Å². The minimum atomic E-state index is -0.0767. The van der Waals surface area contributed by atoms with Crippen LogP contribution in [0.2, 0.25) is 10.0 Å². The Balaban J connectivity index is 1.44. The van der Waals surface area contributed by atoms with Gasteiger partial charge in [-0.3, -0.25) is 4.79 Å². The normalized spacial score (nSPS) is 16.9. The van der Waals surface area contributed by atoms with E-state index in [0.717, 1.165) is 43.9 Å². The number of carbonyl (C=O) groups excluding carboxylic acids is 1. The predicted octanol–water partition coefficient (Wildman–Crippen LogP) is 3.23. The molecule has 1 amide bonds. The van der Waals surface area contributed by atoms with E-state index in [1.54, 1.807) is 18.2 Å². The number of aromatic nitrogens is 2. The third kappa shape index (κ3) is 3.31. The highest BCUT2D eigenvalue weighted by atomic mass is 35.5. The molecule has 0 N–H and O–H groups in total. The van der Waals surface area contributed by atoms with Crippen LogP contribution in [0.5, 0.6) is 0 Å². The Kier molecular flexibility index (Phi) is 4.52. The molecule has 0 bridgehead atoms. The van der Waals surface area contributed by atoms with Crippen molar-refractivity contribution in [3.8, 4) is 0 Å². The van der Waals surface area contributed by atoms with Crippen LogP contribution in [0.1, 0.15) is 28.0 Å². The lowest BCUT2D eigenvalue weighted by Gasteiger charge is -2.35. The number of amides is 1. The van der Waals surface area contributed by atoms with Gasteiger partial charge in [0, 0.05) is 31.2 Å². The first-order valence-electron chi connectivity index (χ1n) is 8.46. The highest BCUT2D eigenvalue weighted by molar-refractivity contribution is 6.35. The zero-order valence-electron chi connectivity index (χ0n) is 13.7. The maximum absolute atomic E-state index is 12.7. The number of piperazine rings is 1. The van der Waals surface area contributed by atoms with Gasteiger partial charge in [-0.2, -0.15) is 5.10 Å². The van der Waals surface area contributed by atoms with Crippen LogP contribution in [0.4, 0.5) is 5.82 Å². The highest BCUT2D eigenvalue weighted by Crippen LogP contribution is 2.25. The molecule has 25 heavy (non-hydrogen) atoms. The van der Waals surface area contributed by atoms with Gasteiger partial charge in [0.25, 0.3) is 5.91 Å². The second kappa shape index (κ2) is 6.81. The molecule has 0 spiro atoms. The zero-order valence-corrected chi connectivity index (χ0v) is 15.2. The van der Waals surface area contributed by atoms with Crippen LogP contribution in [0.3, 0.4) is 0 Å². The zero-order chi connectivity index (χ0) is 17.4. The monoisotopic (exact) mass is 376 g/mol. The number of anilines is 1. The molecule has 1 fully saturated rings. The molecule has 1 aromatic heterocycles. The maximum atomic E-state index is 12.7. The molecule has 1 saturated heterocycles. The molecule has 4 rings (SSSR count). The summed E-state index contributed by atoms with van der Waals surface area (Å²) in [5.74, 6) is 0.834. The van der Waals surface area contributed by atoms with Crippen molar-refractivity contribution in [3.05, 3.63) is 51.1 Å². The van der Waals surface area contributed by atoms with E-state index in [9.17, 15) is 4.79 Å². The standard InChI is InChI=1S/C18H18Cl2N4O/c19-13-4-5-15(20)14(11-13)18(25)24-8-6-23(7-9-24)17-10-12-2-1-3-16(12)21-22-17/h4-5,10-11H,1-3,6-9H2. The average Bonchev–Trinajstić information content (AvgIpc) is 3.11. The highest BCUT2D eigenvalue weighted by Gasteiger charge is 2.25. The number of benzene rings is 1. The Morgan fingerprint density at radius 3 is 2.60 bits per heavy atom. The first kappa shape index (κ1) is 16.6. The van der Waals surface area contributed by atoms with Gasteiger partial charge in [-0.15, -0.1) is 5.10 Å². The predicted molar refractivity (Wildman–Crippen MR) is 98.6 cm³/mol. The van der Waals surface area contributed by atoms with Crippen molar-refractivity contribution in [2.45, 2.75) is 19.3 Å². The van der Waals surface area contributed by atoms with Gasteiger partial charge < -0.3 is 9.80 Å². The van der Waals surface area contributed by atoms with E-state index >= 15 is 0 Å². The maximum Gasteiger partial charge on any atom is 0.255 e. The van der Waals surface area contributed by atoms with Crippen LogP contribution in [0.25, 0.3) is 0 Å². The third-order valence-electron chi connectivity index (χ3n) is 4.86. The quantitative estimate of drug-likeness (QED) is 0.807. The summed E-state index contributed by atoms with van der Waals surface area (Å²) in [5.41, 5.74) is 2.90. The molecule has 2 aliphatic rings. The van der Waals surface area contributed by atoms with Gasteiger partial charge in [0.2, 0.25) is 0 Å². The van der Waals surface area contributed by atoms with Crippen molar-refractivity contribution in [3.63, 3.8) is 0 Å². The fraction of sp³-hybridized carbons (Fsp3) is 0.389. The van der Waals surface area contributed by atoms with Crippen molar-refractivity contribution in [1.29, 1.82) is 0 Å². The first-order chi connectivity index (χ1) is 12.1. The molecule has 1 aromatic carbocycles. The molecule has 1 aliphatic heterocycles. The molecule has 0 atom stereocenters. The first-order valence-corrected chi connectivity index (χ1v) is 9.22. The minimum Gasteiger partial charge on any atom is -0.352 e. The number of fused-ring (bicyclic) bond motifs is 1. The second-order valence-corrected chi connectivity index (χ2v) is 7.28. The Morgan fingerprint density at radius 2 is 1.80 bits per heavy atom. The summed E-state index contributed by atoms with van der Waals surface area (Å²) in [6, 6.07) is 7.13. The van der Waals surface area contributed by atoms with E-state index in [-0.39, 0.29) is 5.91 Å². The number of rotatable bonds is 2. The molecule has 2 aromatic rings. The molecule has 0 radical (unpaired) electrons. The largest absolute Gasteiger partial charge is 0.352 e. The van der Waals surface area contributed by atoms with E-state index in [2.05, 4.69) is 21.2 Å². The second-order valence-electron chi connectivity index (χ2n) is 6.43. The van der Waals surface area contributed by atoms with Gasteiger partial charge in [-0.05, 0) is 49.1 Å².